The van der Waals surface area contributed by atoms with Gasteiger partial charge in [-0.1, -0.05) is 54.4 Å². The highest BCUT2D eigenvalue weighted by Gasteiger charge is 2.21. The number of alkyl halides is 1. The third kappa shape index (κ3) is 3.55. The Hall–Kier alpha value is -0.0200. The number of halogens is 3. The summed E-state index contributed by atoms with van der Waals surface area (Å²) < 4.78 is 0.965. The highest BCUT2D eigenvalue weighted by Crippen LogP contribution is 2.40. The molecule has 0 spiro atoms. The molecule has 1 unspecified atom stereocenters. The monoisotopic (exact) mass is 376 g/mol. The van der Waals surface area contributed by atoms with E-state index >= 15 is 0 Å². The van der Waals surface area contributed by atoms with Gasteiger partial charge < -0.3 is 0 Å². The molecule has 0 aliphatic heterocycles. The van der Waals surface area contributed by atoms with Crippen molar-refractivity contribution in [1.29, 1.82) is 0 Å². The van der Waals surface area contributed by atoms with E-state index in [9.17, 15) is 0 Å². The number of benzene rings is 1. The summed E-state index contributed by atoms with van der Waals surface area (Å²) in [5, 5.41) is 0.502. The van der Waals surface area contributed by atoms with E-state index < -0.39 is 0 Å². The van der Waals surface area contributed by atoms with Gasteiger partial charge in [-0.3, -0.25) is 0 Å². The molecule has 0 saturated carbocycles. The van der Waals surface area contributed by atoms with Gasteiger partial charge in [-0.15, -0.1) is 22.9 Å². The Balaban J connectivity index is 2.34. The van der Waals surface area contributed by atoms with E-state index in [1.165, 1.54) is 4.88 Å². The van der Waals surface area contributed by atoms with E-state index in [0.29, 0.717) is 5.02 Å². The fourth-order valence-electron chi connectivity index (χ4n) is 1.75. The van der Waals surface area contributed by atoms with Crippen molar-refractivity contribution in [3.8, 4) is 0 Å². The Morgan fingerprint density at radius 2 is 1.84 bits per heavy atom. The minimum Gasteiger partial charge on any atom is -0.143 e. The molecule has 2 rings (SSSR count). The van der Waals surface area contributed by atoms with Crippen LogP contribution in [0.3, 0.4) is 0 Å². The highest BCUT2D eigenvalue weighted by atomic mass is 79.9. The van der Waals surface area contributed by atoms with Crippen LogP contribution in [0.5, 0.6) is 0 Å². The van der Waals surface area contributed by atoms with Crippen molar-refractivity contribution in [3.63, 3.8) is 0 Å². The lowest BCUT2D eigenvalue weighted by Gasteiger charge is -2.16. The van der Waals surface area contributed by atoms with Crippen LogP contribution in [0.25, 0.3) is 0 Å². The maximum Gasteiger partial charge on any atom is 0.0942 e. The maximum absolute atomic E-state index is 6.56. The lowest BCUT2D eigenvalue weighted by Crippen LogP contribution is -2.07. The Kier molecular flexibility index (Phi) is 4.67. The molecule has 0 nitrogen and oxygen atoms in total. The number of rotatable bonds is 2. The van der Waals surface area contributed by atoms with Crippen molar-refractivity contribution in [3.05, 3.63) is 55.1 Å². The molecule has 0 aliphatic carbocycles. The third-order valence-corrected chi connectivity index (χ3v) is 5.85. The first-order chi connectivity index (χ1) is 8.79. The van der Waals surface area contributed by atoms with Gasteiger partial charge in [0.15, 0.2) is 0 Å². The average Bonchev–Trinajstić information content (AvgIpc) is 2.76. The van der Waals surface area contributed by atoms with Gasteiger partial charge in [-0.05, 0) is 35.2 Å². The fourth-order valence-corrected chi connectivity index (χ4v) is 4.05. The molecule has 102 valence electrons. The molecule has 2 aromatic rings. The second-order valence-corrected chi connectivity index (χ2v) is 8.36. The van der Waals surface area contributed by atoms with Gasteiger partial charge in [-0.2, -0.15) is 0 Å². The summed E-state index contributed by atoms with van der Waals surface area (Å²) in [6, 6.07) is 10.1. The van der Waals surface area contributed by atoms with Crippen LogP contribution in [0, 0.1) is 0 Å². The lowest BCUT2D eigenvalue weighted by molar-refractivity contribution is 0.604. The standard InChI is InChI=1S/C15H15BrCl2S/c1-15(2,3)13-7-6-12(19-13)14(18)10-5-4-9(16)8-11(10)17/h4-8,14H,1-3H3. The number of hydrogen-bond acceptors (Lipinski definition) is 1. The topological polar surface area (TPSA) is 0 Å². The summed E-state index contributed by atoms with van der Waals surface area (Å²) in [5.74, 6) is 0. The van der Waals surface area contributed by atoms with Crippen LogP contribution in [0.2, 0.25) is 5.02 Å². The van der Waals surface area contributed by atoms with Crippen LogP contribution in [0.1, 0.15) is 41.5 Å². The first kappa shape index (κ1) is 15.4. The number of thiophene rings is 1. The molecule has 19 heavy (non-hydrogen) atoms. The van der Waals surface area contributed by atoms with Crippen molar-refractivity contribution in [2.24, 2.45) is 0 Å². The second-order valence-electron chi connectivity index (χ2n) is 5.48. The highest BCUT2D eigenvalue weighted by molar-refractivity contribution is 9.10. The molecule has 0 fully saturated rings. The molecule has 1 heterocycles. The molecule has 0 bridgehead atoms. The van der Waals surface area contributed by atoms with Crippen molar-refractivity contribution in [2.75, 3.05) is 0 Å². The van der Waals surface area contributed by atoms with Crippen molar-refractivity contribution in [1.82, 2.24) is 0 Å². The second kappa shape index (κ2) is 5.77. The van der Waals surface area contributed by atoms with E-state index in [0.717, 1.165) is 14.9 Å². The summed E-state index contributed by atoms with van der Waals surface area (Å²) in [6.07, 6.45) is 0. The number of hydrogen-bond donors (Lipinski definition) is 0. The van der Waals surface area contributed by atoms with E-state index in [4.69, 9.17) is 23.2 Å². The van der Waals surface area contributed by atoms with Crippen molar-refractivity contribution < 1.29 is 0 Å². The van der Waals surface area contributed by atoms with Crippen LogP contribution < -0.4 is 0 Å². The predicted octanol–water partition coefficient (Wildman–Crippen LogP) is 6.79. The van der Waals surface area contributed by atoms with Crippen LogP contribution in [0.15, 0.2) is 34.8 Å². The van der Waals surface area contributed by atoms with Crippen LogP contribution in [0.4, 0.5) is 0 Å². The van der Waals surface area contributed by atoms with E-state index in [2.05, 4.69) is 48.8 Å². The average molecular weight is 378 g/mol. The normalized spacial score (nSPS) is 13.6. The summed E-state index contributed by atoms with van der Waals surface area (Å²) in [7, 11) is 0. The molecule has 0 aliphatic rings. The molecule has 4 heteroatoms. The van der Waals surface area contributed by atoms with Gasteiger partial charge in [0.05, 0.1) is 5.38 Å². The zero-order chi connectivity index (χ0) is 14.2. The van der Waals surface area contributed by atoms with E-state index in [-0.39, 0.29) is 10.8 Å². The van der Waals surface area contributed by atoms with E-state index in [1.807, 2.05) is 18.2 Å². The van der Waals surface area contributed by atoms with E-state index in [1.54, 1.807) is 11.3 Å². The Morgan fingerprint density at radius 1 is 1.16 bits per heavy atom. The van der Waals surface area contributed by atoms with Gasteiger partial charge in [0.1, 0.15) is 0 Å². The van der Waals surface area contributed by atoms with Gasteiger partial charge in [0.2, 0.25) is 0 Å². The van der Waals surface area contributed by atoms with Gasteiger partial charge in [0.25, 0.3) is 0 Å². The summed E-state index contributed by atoms with van der Waals surface area (Å²) >= 11 is 18.0. The van der Waals surface area contributed by atoms with Crippen LogP contribution in [-0.2, 0) is 5.41 Å². The van der Waals surface area contributed by atoms with Crippen LogP contribution >= 0.6 is 50.5 Å². The Morgan fingerprint density at radius 3 is 2.37 bits per heavy atom. The molecule has 0 saturated heterocycles. The third-order valence-electron chi connectivity index (χ3n) is 2.85. The molecule has 1 atom stereocenters. The van der Waals surface area contributed by atoms with Crippen molar-refractivity contribution >= 4 is 50.5 Å². The Labute approximate surface area is 136 Å². The van der Waals surface area contributed by atoms with Crippen LogP contribution in [-0.4, -0.2) is 0 Å². The first-order valence-electron chi connectivity index (χ1n) is 5.98. The zero-order valence-electron chi connectivity index (χ0n) is 11.0. The van der Waals surface area contributed by atoms with Crippen molar-refractivity contribution in [2.45, 2.75) is 31.6 Å². The molecule has 0 N–H and O–H groups in total. The smallest absolute Gasteiger partial charge is 0.0942 e. The molecule has 0 radical (unpaired) electrons. The summed E-state index contributed by atoms with van der Waals surface area (Å²) in [5.41, 5.74) is 1.11. The largest absolute Gasteiger partial charge is 0.143 e. The predicted molar refractivity (Wildman–Crippen MR) is 89.9 cm³/mol. The SMILES string of the molecule is CC(C)(C)c1ccc(C(Cl)c2ccc(Br)cc2Cl)s1. The molecule has 1 aromatic carbocycles. The maximum atomic E-state index is 6.56. The molecule has 0 amide bonds. The molecule has 1 aromatic heterocycles. The summed E-state index contributed by atoms with van der Waals surface area (Å²) in [4.78, 5) is 2.47. The van der Waals surface area contributed by atoms with Gasteiger partial charge in [0, 0.05) is 19.2 Å². The first-order valence-corrected chi connectivity index (χ1v) is 8.40. The summed E-state index contributed by atoms with van der Waals surface area (Å²) in [6.45, 7) is 6.62. The molecular weight excluding hydrogens is 363 g/mol. The van der Waals surface area contributed by atoms with Gasteiger partial charge >= 0.3 is 0 Å². The lowest BCUT2D eigenvalue weighted by atomic mass is 9.95. The Bertz CT molecular complexity index is 584. The minimum absolute atomic E-state index is 0.156. The van der Waals surface area contributed by atoms with Gasteiger partial charge in [-0.25, -0.2) is 0 Å². The minimum atomic E-state index is -0.193. The zero-order valence-corrected chi connectivity index (χ0v) is 14.9. The molecular formula is C15H15BrCl2S. The fraction of sp³-hybridized carbons (Fsp3) is 0.333. The quantitative estimate of drug-likeness (QED) is 0.505.